The van der Waals surface area contributed by atoms with Crippen molar-refractivity contribution in [2.24, 2.45) is 0 Å². The molecule has 1 fully saturated rings. The second-order valence-corrected chi connectivity index (χ2v) is 6.79. The molecule has 1 N–H and O–H groups in total. The zero-order valence-electron chi connectivity index (χ0n) is 15.3. The number of ether oxygens (including phenoxy) is 1. The maximum Gasteiger partial charge on any atom is 0.248 e. The van der Waals surface area contributed by atoms with Crippen LogP contribution in [0.5, 0.6) is 5.75 Å². The molecule has 0 atom stereocenters. The van der Waals surface area contributed by atoms with Gasteiger partial charge in [0.05, 0.1) is 17.8 Å². The smallest absolute Gasteiger partial charge is 0.248 e. The first kappa shape index (κ1) is 19.0. The van der Waals surface area contributed by atoms with Crippen molar-refractivity contribution in [1.29, 1.82) is 0 Å². The first-order valence-electron chi connectivity index (χ1n) is 8.71. The van der Waals surface area contributed by atoms with Crippen molar-refractivity contribution in [3.63, 3.8) is 0 Å². The standard InChI is InChI=1S/C21H21ClN2O3/c1-14-5-9-19(27-2)15(12-14)6-10-20(25)23-16-7-8-18(17(22)13-16)24-11-3-4-21(24)26/h5-10,12-13H,3-4,11H2,1-2H3,(H,23,25)/b10-6+. The Morgan fingerprint density at radius 2 is 2.07 bits per heavy atom. The number of carbonyl (C=O) groups excluding carboxylic acids is 2. The molecular formula is C21H21ClN2O3. The Kier molecular flexibility index (Phi) is 5.81. The van der Waals surface area contributed by atoms with Gasteiger partial charge in [0, 0.05) is 30.3 Å². The Balaban J connectivity index is 1.70. The van der Waals surface area contributed by atoms with Crippen molar-refractivity contribution >= 4 is 40.9 Å². The molecule has 140 valence electrons. The Bertz CT molecular complexity index is 908. The third-order valence-electron chi connectivity index (χ3n) is 4.38. The predicted molar refractivity (Wildman–Crippen MR) is 108 cm³/mol. The molecule has 1 aliphatic rings. The monoisotopic (exact) mass is 384 g/mol. The maximum atomic E-state index is 12.2. The molecule has 5 nitrogen and oxygen atoms in total. The average molecular weight is 385 g/mol. The van der Waals surface area contributed by atoms with Crippen LogP contribution in [-0.4, -0.2) is 25.5 Å². The third kappa shape index (κ3) is 4.49. The molecule has 0 radical (unpaired) electrons. The summed E-state index contributed by atoms with van der Waals surface area (Å²) < 4.78 is 5.30. The number of hydrogen-bond acceptors (Lipinski definition) is 3. The van der Waals surface area contributed by atoms with E-state index in [4.69, 9.17) is 16.3 Å². The fourth-order valence-electron chi connectivity index (χ4n) is 3.04. The molecule has 3 rings (SSSR count). The van der Waals surface area contributed by atoms with E-state index in [1.807, 2.05) is 25.1 Å². The summed E-state index contributed by atoms with van der Waals surface area (Å²) in [4.78, 5) is 25.8. The number of rotatable bonds is 5. The van der Waals surface area contributed by atoms with Gasteiger partial charge >= 0.3 is 0 Å². The summed E-state index contributed by atoms with van der Waals surface area (Å²) in [6, 6.07) is 10.9. The molecule has 0 unspecified atom stereocenters. The van der Waals surface area contributed by atoms with Crippen molar-refractivity contribution < 1.29 is 14.3 Å². The fourth-order valence-corrected chi connectivity index (χ4v) is 3.32. The number of aryl methyl sites for hydroxylation is 1. The van der Waals surface area contributed by atoms with Crippen LogP contribution in [0.4, 0.5) is 11.4 Å². The van der Waals surface area contributed by atoms with E-state index in [0.29, 0.717) is 35.1 Å². The number of hydrogen-bond donors (Lipinski definition) is 1. The van der Waals surface area contributed by atoms with Crippen LogP contribution < -0.4 is 15.0 Å². The molecule has 1 heterocycles. The van der Waals surface area contributed by atoms with Crippen LogP contribution >= 0.6 is 11.6 Å². The van der Waals surface area contributed by atoms with Crippen LogP contribution in [-0.2, 0) is 9.59 Å². The fraction of sp³-hybridized carbons (Fsp3) is 0.238. The molecule has 1 saturated heterocycles. The van der Waals surface area contributed by atoms with Gasteiger partial charge in [-0.15, -0.1) is 0 Å². The minimum atomic E-state index is -0.278. The van der Waals surface area contributed by atoms with E-state index in [1.165, 1.54) is 6.08 Å². The average Bonchev–Trinajstić information content (AvgIpc) is 3.06. The van der Waals surface area contributed by atoms with Gasteiger partial charge in [-0.3, -0.25) is 9.59 Å². The van der Waals surface area contributed by atoms with E-state index in [1.54, 1.807) is 36.3 Å². The second kappa shape index (κ2) is 8.27. The summed E-state index contributed by atoms with van der Waals surface area (Å²) in [6.07, 6.45) is 4.53. The third-order valence-corrected chi connectivity index (χ3v) is 4.68. The molecule has 2 aromatic carbocycles. The predicted octanol–water partition coefficient (Wildman–Crippen LogP) is 4.44. The Hall–Kier alpha value is -2.79. The number of carbonyl (C=O) groups is 2. The van der Waals surface area contributed by atoms with E-state index >= 15 is 0 Å². The highest BCUT2D eigenvalue weighted by Gasteiger charge is 2.23. The van der Waals surface area contributed by atoms with E-state index in [9.17, 15) is 9.59 Å². The molecule has 0 saturated carbocycles. The van der Waals surface area contributed by atoms with Crippen molar-refractivity contribution in [3.8, 4) is 5.75 Å². The van der Waals surface area contributed by atoms with Gasteiger partial charge in [-0.05, 0) is 49.8 Å². The summed E-state index contributed by atoms with van der Waals surface area (Å²) in [6.45, 7) is 2.65. The quantitative estimate of drug-likeness (QED) is 0.775. The minimum absolute atomic E-state index is 0.0729. The van der Waals surface area contributed by atoms with Crippen LogP contribution in [0.2, 0.25) is 5.02 Å². The summed E-state index contributed by atoms with van der Waals surface area (Å²) in [7, 11) is 1.59. The summed E-state index contributed by atoms with van der Waals surface area (Å²) in [5.74, 6) is 0.496. The number of methoxy groups -OCH3 is 1. The number of nitrogens with one attached hydrogen (secondary N) is 1. The highest BCUT2D eigenvalue weighted by Crippen LogP contribution is 2.31. The molecule has 6 heteroatoms. The molecule has 0 spiro atoms. The molecule has 1 aliphatic heterocycles. The van der Waals surface area contributed by atoms with Crippen molar-refractivity contribution in [2.75, 3.05) is 23.9 Å². The van der Waals surface area contributed by atoms with E-state index < -0.39 is 0 Å². The minimum Gasteiger partial charge on any atom is -0.496 e. The Morgan fingerprint density at radius 1 is 1.26 bits per heavy atom. The van der Waals surface area contributed by atoms with Crippen molar-refractivity contribution in [2.45, 2.75) is 19.8 Å². The second-order valence-electron chi connectivity index (χ2n) is 6.38. The lowest BCUT2D eigenvalue weighted by atomic mass is 10.1. The number of nitrogens with zero attached hydrogens (tertiary/aromatic N) is 1. The van der Waals surface area contributed by atoms with Crippen LogP contribution in [0.3, 0.4) is 0 Å². The van der Waals surface area contributed by atoms with Gasteiger partial charge in [0.1, 0.15) is 5.75 Å². The van der Waals surface area contributed by atoms with Gasteiger partial charge in [-0.1, -0.05) is 23.2 Å². The van der Waals surface area contributed by atoms with E-state index in [0.717, 1.165) is 17.5 Å². The highest BCUT2D eigenvalue weighted by molar-refractivity contribution is 6.34. The highest BCUT2D eigenvalue weighted by atomic mass is 35.5. The van der Waals surface area contributed by atoms with Crippen molar-refractivity contribution in [3.05, 3.63) is 58.6 Å². The Morgan fingerprint density at radius 3 is 2.74 bits per heavy atom. The van der Waals surface area contributed by atoms with Crippen molar-refractivity contribution in [1.82, 2.24) is 0 Å². The zero-order chi connectivity index (χ0) is 19.4. The first-order chi connectivity index (χ1) is 13.0. The number of anilines is 2. The first-order valence-corrected chi connectivity index (χ1v) is 9.09. The van der Waals surface area contributed by atoms with Crippen LogP contribution in [0, 0.1) is 6.92 Å². The lowest BCUT2D eigenvalue weighted by molar-refractivity contribution is -0.117. The molecule has 0 aromatic heterocycles. The number of amides is 2. The maximum absolute atomic E-state index is 12.2. The summed E-state index contributed by atoms with van der Waals surface area (Å²) in [5.41, 5.74) is 3.15. The molecule has 2 amide bonds. The van der Waals surface area contributed by atoms with Gasteiger partial charge in [-0.25, -0.2) is 0 Å². The molecule has 2 aromatic rings. The van der Waals surface area contributed by atoms with Gasteiger partial charge in [0.25, 0.3) is 0 Å². The summed E-state index contributed by atoms with van der Waals surface area (Å²) in [5, 5.41) is 3.22. The largest absolute Gasteiger partial charge is 0.496 e. The zero-order valence-corrected chi connectivity index (χ0v) is 16.0. The van der Waals surface area contributed by atoms with Crippen LogP contribution in [0.25, 0.3) is 6.08 Å². The summed E-state index contributed by atoms with van der Waals surface area (Å²) >= 11 is 6.31. The topological polar surface area (TPSA) is 58.6 Å². The van der Waals surface area contributed by atoms with E-state index in [2.05, 4.69) is 5.32 Å². The molecule has 0 aliphatic carbocycles. The normalized spacial score (nSPS) is 14.0. The lowest BCUT2D eigenvalue weighted by Gasteiger charge is -2.17. The van der Waals surface area contributed by atoms with Gasteiger partial charge in [-0.2, -0.15) is 0 Å². The molecular weight excluding hydrogens is 364 g/mol. The van der Waals surface area contributed by atoms with Gasteiger partial charge < -0.3 is 15.0 Å². The molecule has 0 bridgehead atoms. The number of halogens is 1. The van der Waals surface area contributed by atoms with Gasteiger partial charge in [0.2, 0.25) is 11.8 Å². The SMILES string of the molecule is COc1ccc(C)cc1/C=C/C(=O)Nc1ccc(N2CCCC2=O)c(Cl)c1. The molecule has 27 heavy (non-hydrogen) atoms. The van der Waals surface area contributed by atoms with Gasteiger partial charge in [0.15, 0.2) is 0 Å². The number of benzene rings is 2. The lowest BCUT2D eigenvalue weighted by Crippen LogP contribution is -2.24. The van der Waals surface area contributed by atoms with Crippen LogP contribution in [0.15, 0.2) is 42.5 Å². The Labute approximate surface area is 163 Å². The van der Waals surface area contributed by atoms with E-state index in [-0.39, 0.29) is 11.8 Å². The van der Waals surface area contributed by atoms with Crippen LogP contribution in [0.1, 0.15) is 24.0 Å².